The number of hydrogen-bond donors (Lipinski definition) is 0. The van der Waals surface area contributed by atoms with Crippen LogP contribution in [0.1, 0.15) is 23.2 Å². The number of piperazine rings is 1. The van der Waals surface area contributed by atoms with Crippen molar-refractivity contribution < 1.29 is 0 Å². The van der Waals surface area contributed by atoms with E-state index in [0.717, 1.165) is 60.5 Å². The molecule has 2 aromatic carbocycles. The molecule has 5 rings (SSSR count). The van der Waals surface area contributed by atoms with E-state index in [1.54, 1.807) is 11.3 Å². The topological polar surface area (TPSA) is 32.3 Å². The van der Waals surface area contributed by atoms with Gasteiger partial charge in [-0.25, -0.2) is 9.97 Å². The number of rotatable bonds is 5. The number of nitrogens with zero attached hydrogens (tertiary/aromatic N) is 4. The van der Waals surface area contributed by atoms with Crippen LogP contribution in [0.3, 0.4) is 0 Å². The Morgan fingerprint density at radius 2 is 1.68 bits per heavy atom. The molecule has 0 unspecified atom stereocenters. The van der Waals surface area contributed by atoms with Crippen molar-refractivity contribution in [3.8, 4) is 0 Å². The monoisotopic (exact) mass is 448 g/mol. The Hall–Kier alpha value is -2.63. The minimum atomic E-state index is 0.756. The summed E-state index contributed by atoms with van der Waals surface area (Å²) >= 11 is 8.00. The van der Waals surface area contributed by atoms with Gasteiger partial charge in [0.1, 0.15) is 16.5 Å². The van der Waals surface area contributed by atoms with Crippen molar-refractivity contribution in [3.05, 3.63) is 82.0 Å². The highest BCUT2D eigenvalue weighted by Gasteiger charge is 2.22. The summed E-state index contributed by atoms with van der Waals surface area (Å²) in [5.41, 5.74) is 2.43. The van der Waals surface area contributed by atoms with Gasteiger partial charge in [0.2, 0.25) is 0 Å². The van der Waals surface area contributed by atoms with Gasteiger partial charge in [-0.1, -0.05) is 54.9 Å². The van der Waals surface area contributed by atoms with Crippen molar-refractivity contribution in [3.63, 3.8) is 0 Å². The predicted octanol–water partition coefficient (Wildman–Crippen LogP) is 5.82. The number of halogens is 1. The summed E-state index contributed by atoms with van der Waals surface area (Å²) in [6.45, 7) is 5.96. The fraction of sp³-hybridized carbons (Fsp3) is 0.280. The average molecular weight is 449 g/mol. The second-order valence-corrected chi connectivity index (χ2v) is 9.42. The fourth-order valence-electron chi connectivity index (χ4n) is 4.12. The molecule has 0 radical (unpaired) electrons. The Morgan fingerprint density at radius 1 is 0.903 bits per heavy atom. The molecule has 0 aliphatic carbocycles. The molecule has 1 fully saturated rings. The summed E-state index contributed by atoms with van der Waals surface area (Å²) in [7, 11) is 0. The lowest BCUT2D eigenvalue weighted by atomic mass is 10.1. The molecule has 0 amide bonds. The molecular weight excluding hydrogens is 424 g/mol. The van der Waals surface area contributed by atoms with Gasteiger partial charge in [0, 0.05) is 48.2 Å². The molecule has 6 heteroatoms. The van der Waals surface area contributed by atoms with Crippen LogP contribution >= 0.6 is 22.9 Å². The van der Waals surface area contributed by atoms with E-state index in [9.17, 15) is 0 Å². The zero-order valence-corrected chi connectivity index (χ0v) is 19.2. The molecule has 1 saturated heterocycles. The number of hydrogen-bond acceptors (Lipinski definition) is 5. The van der Waals surface area contributed by atoms with E-state index in [0.29, 0.717) is 0 Å². The second kappa shape index (κ2) is 8.85. The van der Waals surface area contributed by atoms with E-state index in [2.05, 4.69) is 53.1 Å². The standard InChI is InChI=1S/C25H25ClN4S/c1-2-21-17-22-24(27-23(28-25(22)31-21)15-18-7-4-3-5-8-18)30-13-11-29(12-14-30)20-10-6-9-19(26)16-20/h3-10,16-17H,2,11-15H2,1H3. The van der Waals surface area contributed by atoms with Crippen molar-refractivity contribution >= 4 is 44.7 Å². The van der Waals surface area contributed by atoms with Crippen molar-refractivity contribution in [2.24, 2.45) is 0 Å². The summed E-state index contributed by atoms with van der Waals surface area (Å²) in [4.78, 5) is 17.3. The van der Waals surface area contributed by atoms with E-state index in [4.69, 9.17) is 21.6 Å². The third-order valence-electron chi connectivity index (χ3n) is 5.78. The second-order valence-electron chi connectivity index (χ2n) is 7.86. The average Bonchev–Trinajstić information content (AvgIpc) is 3.23. The molecule has 4 nitrogen and oxygen atoms in total. The van der Waals surface area contributed by atoms with E-state index in [-0.39, 0.29) is 0 Å². The van der Waals surface area contributed by atoms with Crippen molar-refractivity contribution in [1.29, 1.82) is 0 Å². The number of benzene rings is 2. The Labute approximate surface area is 192 Å². The molecule has 158 valence electrons. The van der Waals surface area contributed by atoms with E-state index in [1.807, 2.05) is 24.3 Å². The van der Waals surface area contributed by atoms with Gasteiger partial charge in [-0.2, -0.15) is 0 Å². The van der Waals surface area contributed by atoms with Gasteiger partial charge < -0.3 is 9.80 Å². The molecule has 0 N–H and O–H groups in total. The Morgan fingerprint density at radius 3 is 2.42 bits per heavy atom. The molecule has 4 aromatic rings. The highest BCUT2D eigenvalue weighted by molar-refractivity contribution is 7.18. The van der Waals surface area contributed by atoms with Gasteiger partial charge in [-0.05, 0) is 36.2 Å². The molecule has 1 aliphatic rings. The van der Waals surface area contributed by atoms with Crippen LogP contribution in [0, 0.1) is 0 Å². The van der Waals surface area contributed by atoms with Crippen molar-refractivity contribution in [2.45, 2.75) is 19.8 Å². The Balaban J connectivity index is 1.43. The molecule has 0 bridgehead atoms. The lowest BCUT2D eigenvalue weighted by Gasteiger charge is -2.37. The number of fused-ring (bicyclic) bond motifs is 1. The first-order chi connectivity index (χ1) is 15.2. The quantitative estimate of drug-likeness (QED) is 0.384. The Bertz CT molecular complexity index is 1180. The molecule has 0 saturated carbocycles. The Kier molecular flexibility index (Phi) is 5.79. The molecule has 0 spiro atoms. The lowest BCUT2D eigenvalue weighted by molar-refractivity contribution is 0.647. The minimum absolute atomic E-state index is 0.756. The SMILES string of the molecule is CCc1cc2c(N3CCN(c4cccc(Cl)c4)CC3)nc(Cc3ccccc3)nc2s1. The fourth-order valence-corrected chi connectivity index (χ4v) is 5.29. The maximum Gasteiger partial charge on any atom is 0.141 e. The van der Waals surface area contributed by atoms with Crippen LogP contribution in [0.15, 0.2) is 60.7 Å². The molecular formula is C25H25ClN4S. The van der Waals surface area contributed by atoms with Gasteiger partial charge in [0.25, 0.3) is 0 Å². The molecule has 1 aliphatic heterocycles. The summed E-state index contributed by atoms with van der Waals surface area (Å²) in [6, 6.07) is 20.9. The van der Waals surface area contributed by atoms with Crippen LogP contribution in [0.25, 0.3) is 10.2 Å². The summed E-state index contributed by atoms with van der Waals surface area (Å²) in [6.07, 6.45) is 1.78. The van der Waals surface area contributed by atoms with Crippen molar-refractivity contribution in [1.82, 2.24) is 9.97 Å². The van der Waals surface area contributed by atoms with Gasteiger partial charge in [0.05, 0.1) is 5.39 Å². The highest BCUT2D eigenvalue weighted by Crippen LogP contribution is 2.33. The van der Waals surface area contributed by atoms with Crippen LogP contribution in [0.2, 0.25) is 5.02 Å². The number of anilines is 2. The third kappa shape index (κ3) is 4.39. The third-order valence-corrected chi connectivity index (χ3v) is 7.18. The maximum absolute atomic E-state index is 6.20. The summed E-state index contributed by atoms with van der Waals surface area (Å²) in [5.74, 6) is 1.98. The van der Waals surface area contributed by atoms with Gasteiger partial charge >= 0.3 is 0 Å². The maximum atomic E-state index is 6.20. The van der Waals surface area contributed by atoms with Crippen molar-refractivity contribution in [2.75, 3.05) is 36.0 Å². The van der Waals surface area contributed by atoms with E-state index in [1.165, 1.54) is 21.5 Å². The molecule has 3 heterocycles. The van der Waals surface area contributed by atoms with Crippen LogP contribution in [0.5, 0.6) is 0 Å². The van der Waals surface area contributed by atoms with Crippen LogP contribution in [-0.2, 0) is 12.8 Å². The number of thiophene rings is 1. The van der Waals surface area contributed by atoms with Crippen LogP contribution < -0.4 is 9.80 Å². The first-order valence-electron chi connectivity index (χ1n) is 10.8. The van der Waals surface area contributed by atoms with E-state index >= 15 is 0 Å². The molecule has 31 heavy (non-hydrogen) atoms. The zero-order valence-electron chi connectivity index (χ0n) is 17.6. The number of aromatic nitrogens is 2. The highest BCUT2D eigenvalue weighted by atomic mass is 35.5. The van der Waals surface area contributed by atoms with Gasteiger partial charge in [-0.15, -0.1) is 11.3 Å². The molecule has 2 aromatic heterocycles. The first kappa shape index (κ1) is 20.3. The van der Waals surface area contributed by atoms with Crippen LogP contribution in [0.4, 0.5) is 11.5 Å². The predicted molar refractivity (Wildman–Crippen MR) is 132 cm³/mol. The van der Waals surface area contributed by atoms with Crippen LogP contribution in [-0.4, -0.2) is 36.1 Å². The largest absolute Gasteiger partial charge is 0.368 e. The summed E-state index contributed by atoms with van der Waals surface area (Å²) in [5, 5.41) is 1.98. The molecule has 0 atom stereocenters. The van der Waals surface area contributed by atoms with E-state index < -0.39 is 0 Å². The van der Waals surface area contributed by atoms with Gasteiger partial charge in [-0.3, -0.25) is 0 Å². The normalized spacial score (nSPS) is 14.4. The summed E-state index contributed by atoms with van der Waals surface area (Å²) < 4.78 is 0. The minimum Gasteiger partial charge on any atom is -0.368 e. The first-order valence-corrected chi connectivity index (χ1v) is 12.0. The number of aryl methyl sites for hydroxylation is 1. The lowest BCUT2D eigenvalue weighted by Crippen LogP contribution is -2.47. The zero-order chi connectivity index (χ0) is 21.2. The smallest absolute Gasteiger partial charge is 0.141 e. The van der Waals surface area contributed by atoms with Gasteiger partial charge in [0.15, 0.2) is 0 Å².